The number of nitrogens with zero attached hydrogens (tertiary/aromatic N) is 1. The van der Waals surface area contributed by atoms with Crippen molar-refractivity contribution in [3.63, 3.8) is 0 Å². The van der Waals surface area contributed by atoms with E-state index in [1.54, 1.807) is 12.1 Å². The van der Waals surface area contributed by atoms with Crippen LogP contribution in [-0.2, 0) is 5.75 Å². The molecule has 2 rings (SSSR count). The molecule has 0 saturated heterocycles. The Bertz CT molecular complexity index is 570. The molecule has 0 amide bonds. The normalized spacial score (nSPS) is 10.5. The van der Waals surface area contributed by atoms with Crippen LogP contribution in [0.1, 0.15) is 5.82 Å². The van der Waals surface area contributed by atoms with Gasteiger partial charge in [0.05, 0.1) is 5.75 Å². The van der Waals surface area contributed by atoms with Crippen LogP contribution in [-0.4, -0.2) is 9.97 Å². The average Bonchev–Trinajstić information content (AvgIpc) is 2.33. The molecule has 1 aromatic heterocycles. The Labute approximate surface area is 110 Å². The fourth-order valence-corrected chi connectivity index (χ4v) is 2.15. The molecule has 0 atom stereocenters. The Kier molecular flexibility index (Phi) is 3.96. The van der Waals surface area contributed by atoms with Crippen LogP contribution in [0.4, 0.5) is 4.39 Å². The lowest BCUT2D eigenvalue weighted by molar-refractivity contribution is 0.626. The number of halogens is 2. The molecular weight excluding hydrogens is 307 g/mol. The summed E-state index contributed by atoms with van der Waals surface area (Å²) in [6, 6.07) is 6.19. The molecule has 0 fully saturated rings. The Morgan fingerprint density at radius 2 is 2.06 bits per heavy atom. The Morgan fingerprint density at radius 3 is 2.71 bits per heavy atom. The van der Waals surface area contributed by atoms with Gasteiger partial charge in [-0.2, -0.15) is 0 Å². The maximum absolute atomic E-state index is 12.7. The van der Waals surface area contributed by atoms with Gasteiger partial charge in [0.15, 0.2) is 0 Å². The van der Waals surface area contributed by atoms with Crippen molar-refractivity contribution in [2.45, 2.75) is 10.6 Å². The summed E-state index contributed by atoms with van der Waals surface area (Å²) in [5.41, 5.74) is -0.199. The van der Waals surface area contributed by atoms with Gasteiger partial charge in [-0.3, -0.25) is 4.79 Å². The zero-order chi connectivity index (χ0) is 12.3. The summed E-state index contributed by atoms with van der Waals surface area (Å²) in [5.74, 6) is 0.866. The Morgan fingerprint density at radius 1 is 1.35 bits per heavy atom. The van der Waals surface area contributed by atoms with Crippen molar-refractivity contribution in [2.24, 2.45) is 0 Å². The van der Waals surface area contributed by atoms with E-state index in [0.29, 0.717) is 16.0 Å². The maximum Gasteiger partial charge on any atom is 0.265 e. The molecule has 0 aliphatic carbocycles. The number of aromatic nitrogens is 2. The number of hydrogen-bond donors (Lipinski definition) is 1. The van der Waals surface area contributed by atoms with Crippen LogP contribution in [0.2, 0.25) is 0 Å². The molecule has 6 heteroatoms. The predicted molar refractivity (Wildman–Crippen MR) is 68.5 cm³/mol. The first-order valence-corrected chi connectivity index (χ1v) is 6.55. The molecule has 3 nitrogen and oxygen atoms in total. The van der Waals surface area contributed by atoms with Gasteiger partial charge in [-0.05, 0) is 40.2 Å². The molecular formula is C11H8BrFN2OS. The number of rotatable bonds is 3. The molecule has 1 aromatic carbocycles. The highest BCUT2D eigenvalue weighted by Gasteiger charge is 2.01. The summed E-state index contributed by atoms with van der Waals surface area (Å²) in [7, 11) is 0. The smallest absolute Gasteiger partial charge is 0.265 e. The fourth-order valence-electron chi connectivity index (χ4n) is 1.17. The SMILES string of the molecule is O=c1[nH]c(CSc2ccc(F)cc2)ncc1Br. The summed E-state index contributed by atoms with van der Waals surface area (Å²) in [6.07, 6.45) is 1.47. The van der Waals surface area contributed by atoms with Gasteiger partial charge in [-0.25, -0.2) is 9.37 Å². The second kappa shape index (κ2) is 5.46. The van der Waals surface area contributed by atoms with E-state index in [-0.39, 0.29) is 11.4 Å². The summed E-state index contributed by atoms with van der Waals surface area (Å²) in [5, 5.41) is 0. The zero-order valence-corrected chi connectivity index (χ0v) is 11.0. The highest BCUT2D eigenvalue weighted by Crippen LogP contribution is 2.21. The van der Waals surface area contributed by atoms with E-state index in [2.05, 4.69) is 25.9 Å². The number of nitrogens with one attached hydrogen (secondary N) is 1. The molecule has 17 heavy (non-hydrogen) atoms. The second-order valence-electron chi connectivity index (χ2n) is 3.25. The monoisotopic (exact) mass is 314 g/mol. The first-order chi connectivity index (χ1) is 8.15. The van der Waals surface area contributed by atoms with Gasteiger partial charge in [0.2, 0.25) is 0 Å². The van der Waals surface area contributed by atoms with Gasteiger partial charge >= 0.3 is 0 Å². The lowest BCUT2D eigenvalue weighted by Gasteiger charge is -2.01. The molecule has 0 radical (unpaired) electrons. The number of hydrogen-bond acceptors (Lipinski definition) is 3. The van der Waals surface area contributed by atoms with Gasteiger partial charge in [0.1, 0.15) is 16.1 Å². The molecule has 0 bridgehead atoms. The van der Waals surface area contributed by atoms with Gasteiger partial charge in [0.25, 0.3) is 5.56 Å². The van der Waals surface area contributed by atoms with E-state index >= 15 is 0 Å². The predicted octanol–water partition coefficient (Wildman–Crippen LogP) is 2.96. The first kappa shape index (κ1) is 12.3. The second-order valence-corrected chi connectivity index (χ2v) is 5.15. The van der Waals surface area contributed by atoms with Crippen molar-refractivity contribution in [3.8, 4) is 0 Å². The first-order valence-electron chi connectivity index (χ1n) is 4.77. The summed E-state index contributed by atoms with van der Waals surface area (Å²) >= 11 is 4.56. The zero-order valence-electron chi connectivity index (χ0n) is 8.61. The third-order valence-electron chi connectivity index (χ3n) is 2.00. The van der Waals surface area contributed by atoms with Crippen molar-refractivity contribution in [2.75, 3.05) is 0 Å². The van der Waals surface area contributed by atoms with Crippen LogP contribution in [0.25, 0.3) is 0 Å². The molecule has 88 valence electrons. The largest absolute Gasteiger partial charge is 0.309 e. The molecule has 0 aliphatic rings. The number of aromatic amines is 1. The van der Waals surface area contributed by atoms with Crippen LogP contribution in [0.5, 0.6) is 0 Å². The lowest BCUT2D eigenvalue weighted by Crippen LogP contribution is -2.10. The van der Waals surface area contributed by atoms with Crippen LogP contribution in [0.15, 0.2) is 44.6 Å². The maximum atomic E-state index is 12.7. The van der Waals surface area contributed by atoms with Crippen LogP contribution < -0.4 is 5.56 Å². The molecule has 2 aromatic rings. The van der Waals surface area contributed by atoms with E-state index in [1.165, 1.54) is 30.1 Å². The third-order valence-corrected chi connectivity index (χ3v) is 3.59. The summed E-state index contributed by atoms with van der Waals surface area (Å²) < 4.78 is 13.1. The number of benzene rings is 1. The van der Waals surface area contributed by atoms with Crippen molar-refractivity contribution >= 4 is 27.7 Å². The van der Waals surface area contributed by atoms with Crippen molar-refractivity contribution < 1.29 is 4.39 Å². The minimum absolute atomic E-state index is 0.199. The topological polar surface area (TPSA) is 45.8 Å². The van der Waals surface area contributed by atoms with E-state index in [9.17, 15) is 9.18 Å². The van der Waals surface area contributed by atoms with Crippen molar-refractivity contribution in [3.05, 3.63) is 56.9 Å². The quantitative estimate of drug-likeness (QED) is 0.886. The van der Waals surface area contributed by atoms with Gasteiger partial charge in [-0.1, -0.05) is 0 Å². The summed E-state index contributed by atoms with van der Waals surface area (Å²) in [6.45, 7) is 0. The van der Waals surface area contributed by atoms with Crippen LogP contribution in [0, 0.1) is 5.82 Å². The standard InChI is InChI=1S/C11H8BrFN2OS/c12-9-5-14-10(15-11(9)16)6-17-8-3-1-7(13)2-4-8/h1-5H,6H2,(H,14,15,16). The van der Waals surface area contributed by atoms with E-state index in [4.69, 9.17) is 0 Å². The lowest BCUT2D eigenvalue weighted by atomic mass is 10.4. The van der Waals surface area contributed by atoms with Gasteiger partial charge < -0.3 is 4.98 Å². The van der Waals surface area contributed by atoms with Crippen molar-refractivity contribution in [1.29, 1.82) is 0 Å². The Hall–Kier alpha value is -1.14. The third kappa shape index (κ3) is 3.41. The van der Waals surface area contributed by atoms with Crippen LogP contribution in [0.3, 0.4) is 0 Å². The summed E-state index contributed by atoms with van der Waals surface area (Å²) in [4.78, 5) is 18.9. The fraction of sp³-hybridized carbons (Fsp3) is 0.0909. The van der Waals surface area contributed by atoms with Gasteiger partial charge in [-0.15, -0.1) is 11.8 Å². The van der Waals surface area contributed by atoms with E-state index in [1.807, 2.05) is 0 Å². The average molecular weight is 315 g/mol. The van der Waals surface area contributed by atoms with Crippen molar-refractivity contribution in [1.82, 2.24) is 9.97 Å². The van der Waals surface area contributed by atoms with E-state index < -0.39 is 0 Å². The minimum Gasteiger partial charge on any atom is -0.309 e. The molecule has 1 heterocycles. The molecule has 0 spiro atoms. The molecule has 0 saturated carbocycles. The Balaban J connectivity index is 2.04. The van der Waals surface area contributed by atoms with Gasteiger partial charge in [0, 0.05) is 11.1 Å². The highest BCUT2D eigenvalue weighted by molar-refractivity contribution is 9.10. The highest BCUT2D eigenvalue weighted by atomic mass is 79.9. The molecule has 0 aliphatic heterocycles. The van der Waals surface area contributed by atoms with Crippen LogP contribution >= 0.6 is 27.7 Å². The number of H-pyrrole nitrogens is 1. The molecule has 1 N–H and O–H groups in total. The molecule has 0 unspecified atom stereocenters. The minimum atomic E-state index is -0.260. The number of thioether (sulfide) groups is 1. The van der Waals surface area contributed by atoms with E-state index in [0.717, 1.165) is 4.90 Å².